The van der Waals surface area contributed by atoms with Gasteiger partial charge in [-0.15, -0.1) is 0 Å². The van der Waals surface area contributed by atoms with E-state index in [0.29, 0.717) is 11.6 Å². The molecule has 0 radical (unpaired) electrons. The van der Waals surface area contributed by atoms with Crippen molar-refractivity contribution in [2.75, 3.05) is 17.2 Å². The van der Waals surface area contributed by atoms with Gasteiger partial charge in [-0.2, -0.15) is 0 Å². The summed E-state index contributed by atoms with van der Waals surface area (Å²) in [6.45, 7) is 8.71. The molecule has 2 rings (SSSR count). The summed E-state index contributed by atoms with van der Waals surface area (Å²) in [5.41, 5.74) is 4.14. The molecule has 2 aromatic rings. The summed E-state index contributed by atoms with van der Waals surface area (Å²) in [6.07, 6.45) is 0.974. The number of rotatable bonds is 5. The molecule has 1 aromatic heterocycles. The predicted octanol–water partition coefficient (Wildman–Crippen LogP) is 3.48. The van der Waals surface area contributed by atoms with E-state index in [-0.39, 0.29) is 5.91 Å². The van der Waals surface area contributed by atoms with Crippen LogP contribution in [0.15, 0.2) is 24.3 Å². The van der Waals surface area contributed by atoms with Crippen LogP contribution in [0, 0.1) is 20.8 Å². The lowest BCUT2D eigenvalue weighted by molar-refractivity contribution is 0.102. The van der Waals surface area contributed by atoms with Crippen molar-refractivity contribution in [3.05, 3.63) is 46.8 Å². The van der Waals surface area contributed by atoms with Crippen LogP contribution in [-0.4, -0.2) is 22.4 Å². The average Bonchev–Trinajstić information content (AvgIpc) is 2.49. The molecule has 0 atom stereocenters. The van der Waals surface area contributed by atoms with Crippen molar-refractivity contribution in [1.82, 2.24) is 9.97 Å². The predicted molar refractivity (Wildman–Crippen MR) is 89.4 cm³/mol. The molecule has 1 amide bonds. The molecular formula is C17H22N4O. The zero-order valence-corrected chi connectivity index (χ0v) is 13.5. The molecule has 116 valence electrons. The first-order chi connectivity index (χ1) is 10.5. The first kappa shape index (κ1) is 15.9. The zero-order chi connectivity index (χ0) is 16.1. The highest BCUT2D eigenvalue weighted by molar-refractivity contribution is 6.03. The highest BCUT2D eigenvalue weighted by Crippen LogP contribution is 2.19. The first-order valence-electron chi connectivity index (χ1n) is 7.48. The van der Waals surface area contributed by atoms with Gasteiger partial charge in [0.15, 0.2) is 0 Å². The molecule has 0 spiro atoms. The Morgan fingerprint density at radius 3 is 2.68 bits per heavy atom. The molecule has 0 saturated heterocycles. The number of anilines is 2. The Balaban J connectivity index is 2.22. The molecule has 5 heteroatoms. The monoisotopic (exact) mass is 298 g/mol. The summed E-state index contributed by atoms with van der Waals surface area (Å²) in [7, 11) is 0. The Bertz CT molecular complexity index is 682. The highest BCUT2D eigenvalue weighted by Gasteiger charge is 2.12. The van der Waals surface area contributed by atoms with Crippen molar-refractivity contribution in [3.63, 3.8) is 0 Å². The minimum atomic E-state index is -0.223. The number of nitrogens with zero attached hydrogens (tertiary/aromatic N) is 2. The van der Waals surface area contributed by atoms with E-state index < -0.39 is 0 Å². The van der Waals surface area contributed by atoms with Crippen molar-refractivity contribution in [3.8, 4) is 0 Å². The molecule has 0 aliphatic heterocycles. The number of aromatic nitrogens is 2. The average molecular weight is 298 g/mol. The summed E-state index contributed by atoms with van der Waals surface area (Å²) in [5, 5.41) is 6.03. The van der Waals surface area contributed by atoms with Crippen molar-refractivity contribution >= 4 is 17.5 Å². The zero-order valence-electron chi connectivity index (χ0n) is 13.5. The number of hydrogen-bond acceptors (Lipinski definition) is 4. The van der Waals surface area contributed by atoms with Crippen molar-refractivity contribution in [2.45, 2.75) is 34.1 Å². The molecule has 0 aliphatic rings. The number of carbonyl (C=O) groups excluding carboxylic acids is 1. The Morgan fingerprint density at radius 2 is 1.95 bits per heavy atom. The van der Waals surface area contributed by atoms with Crippen LogP contribution in [0.1, 0.15) is 40.7 Å². The third kappa shape index (κ3) is 3.81. The topological polar surface area (TPSA) is 66.9 Å². The van der Waals surface area contributed by atoms with Crippen LogP contribution in [0.25, 0.3) is 0 Å². The van der Waals surface area contributed by atoms with Gasteiger partial charge >= 0.3 is 0 Å². The van der Waals surface area contributed by atoms with Crippen LogP contribution in [-0.2, 0) is 0 Å². The molecule has 2 N–H and O–H groups in total. The molecule has 0 aliphatic carbocycles. The van der Waals surface area contributed by atoms with Gasteiger partial charge in [0.2, 0.25) is 5.95 Å². The molecule has 1 aromatic carbocycles. The fourth-order valence-corrected chi connectivity index (χ4v) is 2.07. The SMILES string of the molecule is CCCNc1nc(C)cc(C(=O)Nc2cccc(C)c2C)n1. The number of nitrogens with one attached hydrogen (secondary N) is 2. The second-order valence-corrected chi connectivity index (χ2v) is 5.35. The van der Waals surface area contributed by atoms with Crippen molar-refractivity contribution < 1.29 is 4.79 Å². The van der Waals surface area contributed by atoms with Gasteiger partial charge in [-0.05, 0) is 50.5 Å². The van der Waals surface area contributed by atoms with Gasteiger partial charge in [0.05, 0.1) is 0 Å². The summed E-state index contributed by atoms with van der Waals surface area (Å²) in [6, 6.07) is 7.53. The van der Waals surface area contributed by atoms with Crippen LogP contribution in [0.5, 0.6) is 0 Å². The van der Waals surface area contributed by atoms with E-state index in [1.54, 1.807) is 6.07 Å². The molecule has 5 nitrogen and oxygen atoms in total. The second kappa shape index (κ2) is 7.02. The van der Waals surface area contributed by atoms with Crippen LogP contribution in [0.2, 0.25) is 0 Å². The summed E-state index contributed by atoms with van der Waals surface area (Å²) < 4.78 is 0. The van der Waals surface area contributed by atoms with Gasteiger partial charge in [0, 0.05) is 17.9 Å². The molecule has 22 heavy (non-hydrogen) atoms. The van der Waals surface area contributed by atoms with E-state index in [4.69, 9.17) is 0 Å². The van der Waals surface area contributed by atoms with Crippen molar-refractivity contribution in [1.29, 1.82) is 0 Å². The number of hydrogen-bond donors (Lipinski definition) is 2. The number of benzene rings is 1. The van der Waals surface area contributed by atoms with Crippen molar-refractivity contribution in [2.24, 2.45) is 0 Å². The van der Waals surface area contributed by atoms with E-state index in [9.17, 15) is 4.79 Å². The second-order valence-electron chi connectivity index (χ2n) is 5.35. The van der Waals surface area contributed by atoms with Gasteiger partial charge in [-0.25, -0.2) is 9.97 Å². The van der Waals surface area contributed by atoms with Gasteiger partial charge in [0.1, 0.15) is 5.69 Å². The van der Waals surface area contributed by atoms with E-state index >= 15 is 0 Å². The molecule has 0 fully saturated rings. The molecule has 1 heterocycles. The fraction of sp³-hybridized carbons (Fsp3) is 0.353. The van der Waals surface area contributed by atoms with Crippen LogP contribution in [0.4, 0.5) is 11.6 Å². The maximum atomic E-state index is 12.4. The standard InChI is InChI=1S/C17H22N4O/c1-5-9-18-17-19-12(3)10-15(21-17)16(22)20-14-8-6-7-11(2)13(14)4/h6-8,10H,5,9H2,1-4H3,(H,20,22)(H,18,19,21). The van der Waals surface area contributed by atoms with Gasteiger partial charge < -0.3 is 10.6 Å². The fourth-order valence-electron chi connectivity index (χ4n) is 2.07. The lowest BCUT2D eigenvalue weighted by Crippen LogP contribution is -2.17. The molecule has 0 saturated carbocycles. The Morgan fingerprint density at radius 1 is 1.18 bits per heavy atom. The van der Waals surface area contributed by atoms with Crippen LogP contribution < -0.4 is 10.6 Å². The molecule has 0 unspecified atom stereocenters. The highest BCUT2D eigenvalue weighted by atomic mass is 16.1. The number of carbonyl (C=O) groups is 1. The third-order valence-corrected chi connectivity index (χ3v) is 3.47. The summed E-state index contributed by atoms with van der Waals surface area (Å²) >= 11 is 0. The van der Waals surface area contributed by atoms with Crippen LogP contribution >= 0.6 is 0 Å². The third-order valence-electron chi connectivity index (χ3n) is 3.47. The quantitative estimate of drug-likeness (QED) is 0.887. The largest absolute Gasteiger partial charge is 0.354 e. The minimum Gasteiger partial charge on any atom is -0.354 e. The van der Waals surface area contributed by atoms with E-state index in [1.807, 2.05) is 39.0 Å². The normalized spacial score (nSPS) is 10.4. The van der Waals surface area contributed by atoms with Crippen LogP contribution in [0.3, 0.4) is 0 Å². The van der Waals surface area contributed by atoms with E-state index in [2.05, 4.69) is 27.5 Å². The summed E-state index contributed by atoms with van der Waals surface area (Å²) in [4.78, 5) is 21.0. The maximum Gasteiger partial charge on any atom is 0.274 e. The Labute approximate surface area is 131 Å². The smallest absolute Gasteiger partial charge is 0.274 e. The Kier molecular flexibility index (Phi) is 5.09. The summed E-state index contributed by atoms with van der Waals surface area (Å²) in [5.74, 6) is 0.270. The number of aryl methyl sites for hydroxylation is 2. The van der Waals surface area contributed by atoms with Gasteiger partial charge in [0.25, 0.3) is 5.91 Å². The Hall–Kier alpha value is -2.43. The number of amides is 1. The minimum absolute atomic E-state index is 0.223. The molecule has 0 bridgehead atoms. The van der Waals surface area contributed by atoms with E-state index in [1.165, 1.54) is 0 Å². The first-order valence-corrected chi connectivity index (χ1v) is 7.48. The van der Waals surface area contributed by atoms with Gasteiger partial charge in [-0.3, -0.25) is 4.79 Å². The van der Waals surface area contributed by atoms with Gasteiger partial charge in [-0.1, -0.05) is 19.1 Å². The lowest BCUT2D eigenvalue weighted by Gasteiger charge is -2.11. The molecular weight excluding hydrogens is 276 g/mol. The van der Waals surface area contributed by atoms with E-state index in [0.717, 1.165) is 35.5 Å². The lowest BCUT2D eigenvalue weighted by atomic mass is 10.1. The maximum absolute atomic E-state index is 12.4.